The Morgan fingerprint density at radius 3 is 2.88 bits per heavy atom. The lowest BCUT2D eigenvalue weighted by molar-refractivity contribution is -0.143. The molecule has 0 bridgehead atoms. The highest BCUT2D eigenvalue weighted by Gasteiger charge is 2.27. The first-order valence-electron chi connectivity index (χ1n) is 6.12. The van der Waals surface area contributed by atoms with E-state index in [0.717, 1.165) is 0 Å². The monoisotopic (exact) mass is 244 g/mol. The lowest BCUT2D eigenvalue weighted by Crippen LogP contribution is -2.53. The minimum Gasteiger partial charge on any atom is -0.382 e. The SMILES string of the molecule is COC[C@@H]1COCCN1C(=O)CN(C)C(C)C. The number of carbonyl (C=O) groups excluding carboxylic acids is 1. The summed E-state index contributed by atoms with van der Waals surface area (Å²) in [7, 11) is 3.62. The van der Waals surface area contributed by atoms with Crippen molar-refractivity contribution in [1.29, 1.82) is 0 Å². The number of rotatable bonds is 5. The van der Waals surface area contributed by atoms with Crippen LogP contribution in [0, 0.1) is 0 Å². The van der Waals surface area contributed by atoms with Crippen molar-refractivity contribution in [2.75, 3.05) is 47.1 Å². The Hall–Kier alpha value is -0.650. The smallest absolute Gasteiger partial charge is 0.237 e. The topological polar surface area (TPSA) is 42.0 Å². The molecule has 0 saturated carbocycles. The molecule has 1 fully saturated rings. The molecule has 0 aromatic rings. The van der Waals surface area contributed by atoms with Gasteiger partial charge in [0.25, 0.3) is 0 Å². The van der Waals surface area contributed by atoms with Crippen molar-refractivity contribution in [3.63, 3.8) is 0 Å². The van der Waals surface area contributed by atoms with Gasteiger partial charge in [-0.2, -0.15) is 0 Å². The van der Waals surface area contributed by atoms with Crippen LogP contribution in [0.25, 0.3) is 0 Å². The summed E-state index contributed by atoms with van der Waals surface area (Å²) < 4.78 is 10.5. The molecule has 0 aromatic heterocycles. The number of amides is 1. The average molecular weight is 244 g/mol. The van der Waals surface area contributed by atoms with Crippen LogP contribution in [-0.4, -0.2) is 74.9 Å². The first-order valence-corrected chi connectivity index (χ1v) is 6.12. The van der Waals surface area contributed by atoms with E-state index in [4.69, 9.17) is 9.47 Å². The first kappa shape index (κ1) is 14.4. The van der Waals surface area contributed by atoms with E-state index in [0.29, 0.717) is 39.0 Å². The van der Waals surface area contributed by atoms with Crippen LogP contribution < -0.4 is 0 Å². The third-order valence-corrected chi connectivity index (χ3v) is 3.17. The van der Waals surface area contributed by atoms with E-state index in [1.54, 1.807) is 7.11 Å². The second kappa shape index (κ2) is 6.93. The fraction of sp³-hybridized carbons (Fsp3) is 0.917. The molecule has 17 heavy (non-hydrogen) atoms. The minimum atomic E-state index is 0.0572. The van der Waals surface area contributed by atoms with Crippen LogP contribution in [0.15, 0.2) is 0 Å². The maximum Gasteiger partial charge on any atom is 0.237 e. The van der Waals surface area contributed by atoms with Gasteiger partial charge in [-0.3, -0.25) is 9.69 Å². The summed E-state index contributed by atoms with van der Waals surface area (Å²) in [5.41, 5.74) is 0. The van der Waals surface area contributed by atoms with Crippen LogP contribution in [0.2, 0.25) is 0 Å². The average Bonchev–Trinajstić information content (AvgIpc) is 2.29. The minimum absolute atomic E-state index is 0.0572. The fourth-order valence-corrected chi connectivity index (χ4v) is 1.80. The summed E-state index contributed by atoms with van der Waals surface area (Å²) in [6.07, 6.45) is 0. The molecule has 0 N–H and O–H groups in total. The van der Waals surface area contributed by atoms with Crippen LogP contribution in [0.1, 0.15) is 13.8 Å². The number of likely N-dealkylation sites (N-methyl/N-ethyl adjacent to an activating group) is 1. The predicted molar refractivity (Wildman–Crippen MR) is 66.0 cm³/mol. The van der Waals surface area contributed by atoms with Gasteiger partial charge in [0.1, 0.15) is 0 Å². The summed E-state index contributed by atoms with van der Waals surface area (Å²) >= 11 is 0. The molecule has 0 spiro atoms. The molecule has 0 unspecified atom stereocenters. The Kier molecular flexibility index (Phi) is 5.88. The molecule has 1 saturated heterocycles. The number of ether oxygens (including phenoxy) is 2. The quantitative estimate of drug-likeness (QED) is 0.693. The summed E-state index contributed by atoms with van der Waals surface area (Å²) in [5.74, 6) is 0.159. The maximum atomic E-state index is 12.2. The molecule has 1 aliphatic heterocycles. The van der Waals surface area contributed by atoms with E-state index in [9.17, 15) is 4.79 Å². The molecule has 1 heterocycles. The third kappa shape index (κ3) is 4.26. The molecular formula is C12H24N2O3. The highest BCUT2D eigenvalue weighted by Crippen LogP contribution is 2.08. The molecule has 100 valence electrons. The zero-order valence-electron chi connectivity index (χ0n) is 11.3. The van der Waals surface area contributed by atoms with Crippen LogP contribution >= 0.6 is 0 Å². The second-order valence-corrected chi connectivity index (χ2v) is 4.78. The number of carbonyl (C=O) groups is 1. The third-order valence-electron chi connectivity index (χ3n) is 3.17. The summed E-state index contributed by atoms with van der Waals surface area (Å²) in [6.45, 7) is 7.02. The van der Waals surface area contributed by atoms with Gasteiger partial charge in [-0.25, -0.2) is 0 Å². The van der Waals surface area contributed by atoms with E-state index in [1.165, 1.54) is 0 Å². The Labute approximate surface area is 104 Å². The highest BCUT2D eigenvalue weighted by atomic mass is 16.5. The molecule has 1 aliphatic rings. The van der Waals surface area contributed by atoms with Crippen molar-refractivity contribution in [2.45, 2.75) is 25.9 Å². The van der Waals surface area contributed by atoms with Gasteiger partial charge in [-0.1, -0.05) is 0 Å². The molecule has 0 aliphatic carbocycles. The van der Waals surface area contributed by atoms with Crippen LogP contribution in [0.3, 0.4) is 0 Å². The normalized spacial score (nSPS) is 21.3. The van der Waals surface area contributed by atoms with E-state index >= 15 is 0 Å². The van der Waals surface area contributed by atoms with E-state index in [1.807, 2.05) is 16.8 Å². The van der Waals surface area contributed by atoms with E-state index < -0.39 is 0 Å². The van der Waals surface area contributed by atoms with Crippen molar-refractivity contribution in [1.82, 2.24) is 9.80 Å². The predicted octanol–water partition coefficient (Wildman–Crippen LogP) is 0.200. The van der Waals surface area contributed by atoms with Crippen molar-refractivity contribution in [3.05, 3.63) is 0 Å². The molecule has 1 atom stereocenters. The molecule has 0 aromatic carbocycles. The van der Waals surface area contributed by atoms with Crippen molar-refractivity contribution < 1.29 is 14.3 Å². The fourth-order valence-electron chi connectivity index (χ4n) is 1.80. The second-order valence-electron chi connectivity index (χ2n) is 4.78. The van der Waals surface area contributed by atoms with Gasteiger partial charge < -0.3 is 14.4 Å². The van der Waals surface area contributed by atoms with Gasteiger partial charge >= 0.3 is 0 Å². The lowest BCUT2D eigenvalue weighted by atomic mass is 10.2. The van der Waals surface area contributed by atoms with Crippen LogP contribution in [0.4, 0.5) is 0 Å². The number of nitrogens with zero attached hydrogens (tertiary/aromatic N) is 2. The van der Waals surface area contributed by atoms with Crippen LogP contribution in [0.5, 0.6) is 0 Å². The molecular weight excluding hydrogens is 220 g/mol. The Bertz CT molecular complexity index is 244. The lowest BCUT2D eigenvalue weighted by Gasteiger charge is -2.36. The summed E-state index contributed by atoms with van der Waals surface area (Å²) in [6, 6.07) is 0.433. The van der Waals surface area contributed by atoms with Gasteiger partial charge in [-0.15, -0.1) is 0 Å². The Balaban J connectivity index is 2.52. The number of methoxy groups -OCH3 is 1. The summed E-state index contributed by atoms with van der Waals surface area (Å²) in [4.78, 5) is 16.1. The standard InChI is InChI=1S/C12H24N2O3/c1-10(2)13(3)7-12(15)14-5-6-17-9-11(14)8-16-4/h10-11H,5-9H2,1-4H3/t11-/m1/s1. The van der Waals surface area contributed by atoms with Gasteiger partial charge in [-0.05, 0) is 20.9 Å². The van der Waals surface area contributed by atoms with Gasteiger partial charge in [0.15, 0.2) is 0 Å². The number of morpholine rings is 1. The van der Waals surface area contributed by atoms with Crippen molar-refractivity contribution in [2.24, 2.45) is 0 Å². The molecule has 1 amide bonds. The zero-order chi connectivity index (χ0) is 12.8. The first-order chi connectivity index (χ1) is 8.06. The molecule has 0 radical (unpaired) electrons. The largest absolute Gasteiger partial charge is 0.382 e. The van der Waals surface area contributed by atoms with Gasteiger partial charge in [0.2, 0.25) is 5.91 Å². The number of hydrogen-bond acceptors (Lipinski definition) is 4. The molecule has 5 nitrogen and oxygen atoms in total. The number of hydrogen-bond donors (Lipinski definition) is 0. The molecule has 1 rings (SSSR count). The highest BCUT2D eigenvalue weighted by molar-refractivity contribution is 5.78. The molecule has 5 heteroatoms. The Morgan fingerprint density at radius 2 is 2.29 bits per heavy atom. The summed E-state index contributed by atoms with van der Waals surface area (Å²) in [5, 5.41) is 0. The van der Waals surface area contributed by atoms with Gasteiger partial charge in [0.05, 0.1) is 32.4 Å². The maximum absolute atomic E-state index is 12.2. The van der Waals surface area contributed by atoms with Crippen LogP contribution in [-0.2, 0) is 14.3 Å². The van der Waals surface area contributed by atoms with Gasteiger partial charge in [0, 0.05) is 19.7 Å². The van der Waals surface area contributed by atoms with E-state index in [-0.39, 0.29) is 11.9 Å². The van der Waals surface area contributed by atoms with Crippen molar-refractivity contribution in [3.8, 4) is 0 Å². The Morgan fingerprint density at radius 1 is 1.59 bits per heavy atom. The van der Waals surface area contributed by atoms with E-state index in [2.05, 4.69) is 13.8 Å². The van der Waals surface area contributed by atoms with Crippen molar-refractivity contribution >= 4 is 5.91 Å². The zero-order valence-corrected chi connectivity index (χ0v) is 11.3.